The summed E-state index contributed by atoms with van der Waals surface area (Å²) in [5.74, 6) is 0.0154. The molecule has 0 aliphatic carbocycles. The molecule has 3 heterocycles. The van der Waals surface area contributed by atoms with Crippen LogP contribution >= 0.6 is 0 Å². The smallest absolute Gasteiger partial charge is 0.249 e. The van der Waals surface area contributed by atoms with E-state index in [1.54, 1.807) is 18.2 Å². The first kappa shape index (κ1) is 23.6. The number of nitrogens with zero attached hydrogens (tertiary/aromatic N) is 4. The van der Waals surface area contributed by atoms with Gasteiger partial charge in [-0.2, -0.15) is 0 Å². The number of hydrogen-bond acceptors (Lipinski definition) is 9. The molecule has 10 nitrogen and oxygen atoms in total. The average molecular weight is 488 g/mol. The molecule has 36 heavy (non-hydrogen) atoms. The zero-order valence-corrected chi connectivity index (χ0v) is 19.9. The summed E-state index contributed by atoms with van der Waals surface area (Å²) < 4.78 is 0. The number of piperidine rings is 1. The van der Waals surface area contributed by atoms with E-state index in [2.05, 4.69) is 36.7 Å². The zero-order chi connectivity index (χ0) is 25.1. The van der Waals surface area contributed by atoms with Gasteiger partial charge < -0.3 is 21.1 Å². The van der Waals surface area contributed by atoms with Crippen LogP contribution in [0.3, 0.4) is 0 Å². The number of aromatic nitrogens is 2. The number of para-hydroxylation sites is 2. The van der Waals surface area contributed by atoms with Gasteiger partial charge in [-0.05, 0) is 36.2 Å². The summed E-state index contributed by atoms with van der Waals surface area (Å²) >= 11 is 0. The number of anilines is 3. The highest BCUT2D eigenvalue weighted by atomic mass is 16.3. The number of rotatable bonds is 6. The van der Waals surface area contributed by atoms with Crippen LogP contribution in [0.15, 0.2) is 54.6 Å². The van der Waals surface area contributed by atoms with E-state index in [-0.39, 0.29) is 17.6 Å². The van der Waals surface area contributed by atoms with Gasteiger partial charge in [0.25, 0.3) is 0 Å². The lowest BCUT2D eigenvalue weighted by Crippen LogP contribution is -2.48. The number of nitrogen functional groups attached to an aromatic ring is 1. The SMILES string of the molecule is Nc1nnc(-c2ccccc2O)cc1N1CCN(Cc2ccccc2NC2CCC(=O)NC2=O)CC1. The van der Waals surface area contributed by atoms with E-state index in [1.165, 1.54) is 0 Å². The van der Waals surface area contributed by atoms with Crippen LogP contribution in [-0.4, -0.2) is 64.2 Å². The molecule has 1 unspecified atom stereocenters. The molecule has 5 rings (SSSR count). The van der Waals surface area contributed by atoms with E-state index in [9.17, 15) is 14.7 Å². The minimum Gasteiger partial charge on any atom is -0.507 e. The summed E-state index contributed by atoms with van der Waals surface area (Å²) in [6, 6.07) is 16.5. The van der Waals surface area contributed by atoms with Crippen molar-refractivity contribution in [1.29, 1.82) is 0 Å². The van der Waals surface area contributed by atoms with Crippen molar-refractivity contribution >= 4 is 29.0 Å². The summed E-state index contributed by atoms with van der Waals surface area (Å²) in [6.45, 7) is 3.90. The maximum absolute atomic E-state index is 12.2. The first-order chi connectivity index (χ1) is 17.5. The number of phenols is 1. The first-order valence-corrected chi connectivity index (χ1v) is 12.0. The van der Waals surface area contributed by atoms with E-state index in [4.69, 9.17) is 5.73 Å². The fraction of sp³-hybridized carbons (Fsp3) is 0.308. The minimum absolute atomic E-state index is 0.150. The molecule has 0 saturated carbocycles. The van der Waals surface area contributed by atoms with Gasteiger partial charge in [0.15, 0.2) is 5.82 Å². The lowest BCUT2D eigenvalue weighted by atomic mass is 10.0. The summed E-state index contributed by atoms with van der Waals surface area (Å²) in [7, 11) is 0. The number of carbonyl (C=O) groups excluding carboxylic acids is 2. The number of nitrogens with two attached hydrogens (primary N) is 1. The van der Waals surface area contributed by atoms with Crippen LogP contribution in [0.1, 0.15) is 18.4 Å². The molecule has 2 aliphatic rings. The van der Waals surface area contributed by atoms with Crippen molar-refractivity contribution in [3.8, 4) is 17.0 Å². The molecule has 1 aromatic heterocycles. The number of benzene rings is 2. The van der Waals surface area contributed by atoms with E-state index in [0.717, 1.165) is 49.7 Å². The van der Waals surface area contributed by atoms with Gasteiger partial charge >= 0.3 is 0 Å². The van der Waals surface area contributed by atoms with Crippen molar-refractivity contribution in [1.82, 2.24) is 20.4 Å². The molecule has 2 amide bonds. The Hall–Kier alpha value is -4.18. The Morgan fingerprint density at radius 2 is 1.78 bits per heavy atom. The number of aromatic hydroxyl groups is 1. The molecule has 2 aliphatic heterocycles. The summed E-state index contributed by atoms with van der Waals surface area (Å²) in [5.41, 5.74) is 10.2. The van der Waals surface area contributed by atoms with E-state index >= 15 is 0 Å². The van der Waals surface area contributed by atoms with Gasteiger partial charge in [-0.3, -0.25) is 19.8 Å². The summed E-state index contributed by atoms with van der Waals surface area (Å²) in [4.78, 5) is 28.2. The Morgan fingerprint density at radius 1 is 1.03 bits per heavy atom. The monoisotopic (exact) mass is 487 g/mol. The highest BCUT2D eigenvalue weighted by Gasteiger charge is 2.27. The first-order valence-electron chi connectivity index (χ1n) is 12.0. The summed E-state index contributed by atoms with van der Waals surface area (Å²) in [6.07, 6.45) is 0.827. The van der Waals surface area contributed by atoms with Crippen molar-refractivity contribution in [3.63, 3.8) is 0 Å². The molecule has 2 fully saturated rings. The lowest BCUT2D eigenvalue weighted by molar-refractivity contribution is -0.133. The summed E-state index contributed by atoms with van der Waals surface area (Å²) in [5, 5.41) is 24.2. The van der Waals surface area contributed by atoms with Gasteiger partial charge in [-0.25, -0.2) is 0 Å². The van der Waals surface area contributed by atoms with Gasteiger partial charge in [0.05, 0.1) is 11.4 Å². The molecule has 0 bridgehead atoms. The third-order valence-electron chi connectivity index (χ3n) is 6.67. The number of carbonyl (C=O) groups is 2. The third kappa shape index (κ3) is 5.08. The minimum atomic E-state index is -0.416. The normalized spacial score (nSPS) is 18.7. The molecular weight excluding hydrogens is 458 g/mol. The second kappa shape index (κ2) is 10.2. The van der Waals surface area contributed by atoms with Gasteiger partial charge in [0.2, 0.25) is 11.8 Å². The number of nitrogens with one attached hydrogen (secondary N) is 2. The van der Waals surface area contributed by atoms with Crippen LogP contribution in [0.25, 0.3) is 11.3 Å². The van der Waals surface area contributed by atoms with Gasteiger partial charge in [-0.1, -0.05) is 30.3 Å². The Morgan fingerprint density at radius 3 is 2.56 bits per heavy atom. The highest BCUT2D eigenvalue weighted by molar-refractivity contribution is 6.01. The lowest BCUT2D eigenvalue weighted by Gasteiger charge is -2.36. The number of hydrogen-bond donors (Lipinski definition) is 4. The van der Waals surface area contributed by atoms with Gasteiger partial charge in [0.1, 0.15) is 11.8 Å². The van der Waals surface area contributed by atoms with Crippen molar-refractivity contribution in [2.24, 2.45) is 0 Å². The molecule has 186 valence electrons. The van der Waals surface area contributed by atoms with Crippen molar-refractivity contribution in [2.75, 3.05) is 42.1 Å². The van der Waals surface area contributed by atoms with Crippen molar-refractivity contribution in [3.05, 3.63) is 60.2 Å². The van der Waals surface area contributed by atoms with Crippen LogP contribution in [-0.2, 0) is 16.1 Å². The quantitative estimate of drug-likeness (QED) is 0.385. The predicted octanol–water partition coefficient (Wildman–Crippen LogP) is 1.97. The fourth-order valence-electron chi connectivity index (χ4n) is 4.67. The predicted molar refractivity (Wildman–Crippen MR) is 137 cm³/mol. The van der Waals surface area contributed by atoms with Gasteiger partial charge in [-0.15, -0.1) is 10.2 Å². The van der Waals surface area contributed by atoms with E-state index in [0.29, 0.717) is 29.9 Å². The number of imide groups is 1. The molecule has 0 radical (unpaired) electrons. The third-order valence-corrected chi connectivity index (χ3v) is 6.67. The van der Waals surface area contributed by atoms with E-state index in [1.807, 2.05) is 30.3 Å². The molecular formula is C26H29N7O3. The molecule has 3 aromatic rings. The van der Waals surface area contributed by atoms with E-state index < -0.39 is 6.04 Å². The van der Waals surface area contributed by atoms with Crippen LogP contribution in [0.5, 0.6) is 5.75 Å². The number of phenolic OH excluding ortho intramolecular Hbond substituents is 1. The Bertz CT molecular complexity index is 1270. The topological polar surface area (TPSA) is 137 Å². The molecule has 10 heteroatoms. The molecule has 0 spiro atoms. The maximum Gasteiger partial charge on any atom is 0.249 e. The maximum atomic E-state index is 12.2. The molecule has 5 N–H and O–H groups in total. The average Bonchev–Trinajstić information content (AvgIpc) is 2.88. The Kier molecular flexibility index (Phi) is 6.68. The second-order valence-corrected chi connectivity index (χ2v) is 9.09. The zero-order valence-electron chi connectivity index (χ0n) is 19.9. The van der Waals surface area contributed by atoms with Crippen molar-refractivity contribution < 1.29 is 14.7 Å². The molecule has 1 atom stereocenters. The van der Waals surface area contributed by atoms with Crippen LogP contribution in [0.4, 0.5) is 17.2 Å². The fourth-order valence-corrected chi connectivity index (χ4v) is 4.67. The molecule has 2 aromatic carbocycles. The van der Waals surface area contributed by atoms with Gasteiger partial charge in [0, 0.05) is 50.4 Å². The standard InChI is InChI=1S/C26H29N7O3/c27-25-22(15-21(30-31-25)18-6-2-4-8-23(18)34)33-13-11-32(12-14-33)16-17-5-1-3-7-19(17)28-20-9-10-24(35)29-26(20)36/h1-8,15,20,28,34H,9-14,16H2,(H2,27,31)(H,29,35,36). The molecule has 2 saturated heterocycles. The highest BCUT2D eigenvalue weighted by Crippen LogP contribution is 2.32. The van der Waals surface area contributed by atoms with Crippen LogP contribution in [0.2, 0.25) is 0 Å². The Balaban J connectivity index is 1.24. The van der Waals surface area contributed by atoms with Crippen LogP contribution in [0, 0.1) is 0 Å². The van der Waals surface area contributed by atoms with Crippen LogP contribution < -0.4 is 21.3 Å². The Labute approximate surface area is 209 Å². The number of amides is 2. The van der Waals surface area contributed by atoms with Crippen molar-refractivity contribution in [2.45, 2.75) is 25.4 Å². The largest absolute Gasteiger partial charge is 0.507 e. The second-order valence-electron chi connectivity index (χ2n) is 9.09. The number of piperazine rings is 1.